The molecular formula is C24H31N5O4S. The first-order valence-corrected chi connectivity index (χ1v) is 14.1. The van der Waals surface area contributed by atoms with E-state index in [2.05, 4.69) is 34.2 Å². The van der Waals surface area contributed by atoms with E-state index >= 15 is 0 Å². The molecule has 2 aliphatic rings. The van der Waals surface area contributed by atoms with E-state index in [-0.39, 0.29) is 30.1 Å². The van der Waals surface area contributed by atoms with Gasteiger partial charge in [0.2, 0.25) is 11.8 Å². The van der Waals surface area contributed by atoms with E-state index in [1.165, 1.54) is 0 Å². The second-order valence-electron chi connectivity index (χ2n) is 9.51. The number of carbonyl (C=O) groups is 3. The first kappa shape index (κ1) is 24.0. The number of rotatable bonds is 6. The molecule has 34 heavy (non-hydrogen) atoms. The number of aromatic nitrogens is 1. The Hall–Kier alpha value is -3.19. The van der Waals surface area contributed by atoms with E-state index in [1.54, 1.807) is 18.1 Å². The van der Waals surface area contributed by atoms with Gasteiger partial charge in [-0.25, -0.2) is 10.0 Å². The third-order valence-corrected chi connectivity index (χ3v) is 8.70. The lowest BCUT2D eigenvalue weighted by atomic mass is 9.92. The molecule has 10 heteroatoms. The zero-order valence-electron chi connectivity index (χ0n) is 19.7. The van der Waals surface area contributed by atoms with E-state index in [0.29, 0.717) is 36.0 Å². The Kier molecular flexibility index (Phi) is 6.75. The Morgan fingerprint density at radius 3 is 2.88 bits per heavy atom. The molecule has 0 radical (unpaired) electrons. The van der Waals surface area contributed by atoms with Gasteiger partial charge >= 0.3 is 0 Å². The highest BCUT2D eigenvalue weighted by Crippen LogP contribution is 2.48. The summed E-state index contributed by atoms with van der Waals surface area (Å²) in [4.78, 5) is 43.6. The lowest BCUT2D eigenvalue weighted by Crippen LogP contribution is -2.50. The molecule has 2 saturated heterocycles. The van der Waals surface area contributed by atoms with Crippen LogP contribution in [0.3, 0.4) is 0 Å². The SMILES string of the molecule is COc1cccc2[nH]c(C(=O)N3CS(C)(C)CC3C(=O)NC(C#N)CC3CCCNC3=O)cc12. The molecule has 2 aliphatic heterocycles. The zero-order chi connectivity index (χ0) is 24.5. The largest absolute Gasteiger partial charge is 0.496 e. The van der Waals surface area contributed by atoms with Crippen molar-refractivity contribution in [1.82, 2.24) is 20.5 Å². The number of piperidine rings is 1. The Balaban J connectivity index is 1.52. The number of ether oxygens (including phenoxy) is 1. The summed E-state index contributed by atoms with van der Waals surface area (Å²) < 4.78 is 5.40. The van der Waals surface area contributed by atoms with E-state index in [4.69, 9.17) is 4.74 Å². The lowest BCUT2D eigenvalue weighted by Gasteiger charge is -2.26. The summed E-state index contributed by atoms with van der Waals surface area (Å²) in [6.45, 7) is 0.648. The summed E-state index contributed by atoms with van der Waals surface area (Å²) in [7, 11) is 0.376. The Morgan fingerprint density at radius 2 is 2.18 bits per heavy atom. The summed E-state index contributed by atoms with van der Waals surface area (Å²) in [5, 5.41) is 16.1. The molecule has 3 unspecified atom stereocenters. The molecule has 1 aromatic heterocycles. The molecule has 3 amide bonds. The molecule has 4 rings (SSSR count). The molecule has 2 fully saturated rings. The van der Waals surface area contributed by atoms with Crippen molar-refractivity contribution in [3.05, 3.63) is 30.0 Å². The van der Waals surface area contributed by atoms with E-state index < -0.39 is 22.1 Å². The van der Waals surface area contributed by atoms with Crippen LogP contribution in [-0.4, -0.2) is 77.5 Å². The maximum atomic E-state index is 13.5. The van der Waals surface area contributed by atoms with Crippen LogP contribution in [0.1, 0.15) is 29.8 Å². The van der Waals surface area contributed by atoms with Crippen LogP contribution in [0, 0.1) is 17.2 Å². The number of H-pyrrole nitrogens is 1. The molecule has 0 saturated carbocycles. The van der Waals surface area contributed by atoms with Crippen LogP contribution in [0.15, 0.2) is 24.3 Å². The van der Waals surface area contributed by atoms with Gasteiger partial charge < -0.3 is 25.3 Å². The fraction of sp³-hybridized carbons (Fsp3) is 0.500. The fourth-order valence-corrected chi connectivity index (χ4v) is 7.13. The summed E-state index contributed by atoms with van der Waals surface area (Å²) >= 11 is 0. The van der Waals surface area contributed by atoms with Crippen molar-refractivity contribution in [3.8, 4) is 11.8 Å². The molecule has 0 aliphatic carbocycles. The molecule has 3 atom stereocenters. The van der Waals surface area contributed by atoms with Gasteiger partial charge in [-0.3, -0.25) is 14.4 Å². The van der Waals surface area contributed by atoms with Crippen LogP contribution in [0.25, 0.3) is 10.9 Å². The van der Waals surface area contributed by atoms with Gasteiger partial charge in [0.05, 0.1) is 19.1 Å². The van der Waals surface area contributed by atoms with Crippen molar-refractivity contribution in [1.29, 1.82) is 5.26 Å². The highest BCUT2D eigenvalue weighted by molar-refractivity contribution is 8.32. The van der Waals surface area contributed by atoms with Gasteiger partial charge in [-0.2, -0.15) is 5.26 Å². The van der Waals surface area contributed by atoms with Crippen molar-refractivity contribution >= 4 is 38.7 Å². The van der Waals surface area contributed by atoms with Gasteiger partial charge in [0.1, 0.15) is 23.5 Å². The molecule has 3 N–H and O–H groups in total. The van der Waals surface area contributed by atoms with Crippen LogP contribution < -0.4 is 15.4 Å². The number of amides is 3. The Morgan fingerprint density at radius 1 is 1.38 bits per heavy atom. The number of hydrogen-bond acceptors (Lipinski definition) is 5. The maximum absolute atomic E-state index is 13.5. The molecule has 0 bridgehead atoms. The summed E-state index contributed by atoms with van der Waals surface area (Å²) in [6.07, 6.45) is 6.04. The molecule has 182 valence electrons. The molecule has 1 aromatic carbocycles. The average molecular weight is 486 g/mol. The number of benzene rings is 1. The predicted octanol–water partition coefficient (Wildman–Crippen LogP) is 1.95. The average Bonchev–Trinajstić information content (AvgIpc) is 3.40. The second-order valence-corrected chi connectivity index (χ2v) is 13.6. The van der Waals surface area contributed by atoms with Gasteiger partial charge in [0.25, 0.3) is 5.91 Å². The summed E-state index contributed by atoms with van der Waals surface area (Å²) in [5.74, 6) is 0.772. The number of aromatic amines is 1. The van der Waals surface area contributed by atoms with E-state index in [0.717, 1.165) is 17.3 Å². The third-order valence-electron chi connectivity index (χ3n) is 6.50. The van der Waals surface area contributed by atoms with Gasteiger partial charge in [0, 0.05) is 29.1 Å². The highest BCUT2D eigenvalue weighted by atomic mass is 32.3. The molecule has 0 spiro atoms. The smallest absolute Gasteiger partial charge is 0.271 e. The number of nitriles is 1. The minimum absolute atomic E-state index is 0.0711. The van der Waals surface area contributed by atoms with Crippen molar-refractivity contribution in [2.24, 2.45) is 5.92 Å². The molecule has 3 heterocycles. The van der Waals surface area contributed by atoms with Gasteiger partial charge in [-0.05, 0) is 50.0 Å². The van der Waals surface area contributed by atoms with Crippen molar-refractivity contribution in [2.45, 2.75) is 31.3 Å². The number of nitrogens with zero attached hydrogens (tertiary/aromatic N) is 2. The summed E-state index contributed by atoms with van der Waals surface area (Å²) in [5.41, 5.74) is 1.18. The van der Waals surface area contributed by atoms with Gasteiger partial charge in [0.15, 0.2) is 0 Å². The number of hydrogen-bond donors (Lipinski definition) is 3. The van der Waals surface area contributed by atoms with Crippen LogP contribution >= 0.6 is 10.0 Å². The number of carbonyl (C=O) groups excluding carboxylic acids is 3. The Labute approximate surface area is 200 Å². The highest BCUT2D eigenvalue weighted by Gasteiger charge is 2.42. The Bertz CT molecular complexity index is 1150. The van der Waals surface area contributed by atoms with E-state index in [9.17, 15) is 19.6 Å². The third kappa shape index (κ3) is 4.85. The lowest BCUT2D eigenvalue weighted by molar-refractivity contribution is -0.128. The van der Waals surface area contributed by atoms with Gasteiger partial charge in [-0.15, -0.1) is 0 Å². The number of nitrogens with one attached hydrogen (secondary N) is 3. The second kappa shape index (κ2) is 9.58. The minimum atomic E-state index is -1.21. The van der Waals surface area contributed by atoms with Crippen LogP contribution in [0.2, 0.25) is 0 Å². The maximum Gasteiger partial charge on any atom is 0.271 e. The van der Waals surface area contributed by atoms with E-state index in [1.807, 2.05) is 18.2 Å². The van der Waals surface area contributed by atoms with Crippen LogP contribution in [-0.2, 0) is 9.59 Å². The quantitative estimate of drug-likeness (QED) is 0.576. The topological polar surface area (TPSA) is 127 Å². The van der Waals surface area contributed by atoms with Crippen molar-refractivity contribution in [3.63, 3.8) is 0 Å². The first-order valence-electron chi connectivity index (χ1n) is 11.4. The van der Waals surface area contributed by atoms with Crippen LogP contribution in [0.4, 0.5) is 0 Å². The summed E-state index contributed by atoms with van der Waals surface area (Å²) in [6, 6.07) is 7.98. The molecule has 9 nitrogen and oxygen atoms in total. The number of methoxy groups -OCH3 is 1. The number of fused-ring (bicyclic) bond motifs is 1. The van der Waals surface area contributed by atoms with Gasteiger partial charge in [-0.1, -0.05) is 6.07 Å². The monoisotopic (exact) mass is 485 g/mol. The van der Waals surface area contributed by atoms with Crippen molar-refractivity contribution < 1.29 is 19.1 Å². The minimum Gasteiger partial charge on any atom is -0.496 e. The standard InChI is InChI=1S/C24H31N5O4S/c1-33-21-8-4-7-18-17(21)11-19(28-18)24(32)29-14-34(2,3)13-20(29)23(31)27-16(12-25)10-15-6-5-9-26-22(15)30/h4,7-8,11,15-16,20,28H,5-6,9-10,13-14H2,1-3H3,(H,26,30)(H,27,31). The fourth-order valence-electron chi connectivity index (χ4n) is 4.79. The predicted molar refractivity (Wildman–Crippen MR) is 132 cm³/mol. The normalized spacial score (nSPS) is 23.6. The molecule has 2 aromatic rings. The molecular weight excluding hydrogens is 454 g/mol. The van der Waals surface area contributed by atoms with Crippen LogP contribution in [0.5, 0.6) is 5.75 Å². The van der Waals surface area contributed by atoms with Crippen molar-refractivity contribution in [2.75, 3.05) is 37.8 Å². The first-order chi connectivity index (χ1) is 16.2. The zero-order valence-corrected chi connectivity index (χ0v) is 20.5.